The van der Waals surface area contributed by atoms with Crippen LogP contribution in [-0.2, 0) is 11.3 Å². The maximum absolute atomic E-state index is 5.71. The number of ether oxygens (including phenoxy) is 3. The minimum Gasteiger partial charge on any atom is -0.490 e. The Hall–Kier alpha value is -1.22. The minimum atomic E-state index is 0. The molecule has 0 radical (unpaired) electrons. The molecule has 2 rings (SSSR count). The summed E-state index contributed by atoms with van der Waals surface area (Å²) in [5.74, 6) is 2.42. The normalized spacial score (nSPS) is 13.7. The van der Waals surface area contributed by atoms with E-state index in [1.54, 1.807) is 0 Å². The highest BCUT2D eigenvalue weighted by Gasteiger charge is 2.10. The number of nitrogens with one attached hydrogen (secondary N) is 2. The zero-order valence-corrected chi connectivity index (χ0v) is 16.8. The molecule has 0 unspecified atom stereocenters. The topological polar surface area (TPSA) is 64.1 Å². The third-order valence-electron chi connectivity index (χ3n) is 3.32. The van der Waals surface area contributed by atoms with Gasteiger partial charge in [-0.25, -0.2) is 4.99 Å². The fourth-order valence-electron chi connectivity index (χ4n) is 2.20. The van der Waals surface area contributed by atoms with E-state index in [1.165, 1.54) is 0 Å². The Balaban J connectivity index is 0.00000288. The summed E-state index contributed by atoms with van der Waals surface area (Å²) >= 11 is 0. The zero-order chi connectivity index (χ0) is 16.3. The van der Waals surface area contributed by atoms with Crippen molar-refractivity contribution >= 4 is 29.9 Å². The van der Waals surface area contributed by atoms with Crippen molar-refractivity contribution in [2.75, 3.05) is 39.5 Å². The van der Waals surface area contributed by atoms with Crippen LogP contribution in [0.5, 0.6) is 11.5 Å². The molecule has 1 aliphatic rings. The molecule has 6 nitrogen and oxygen atoms in total. The molecule has 1 aromatic carbocycles. The number of halogens is 1. The van der Waals surface area contributed by atoms with Gasteiger partial charge in [0.2, 0.25) is 0 Å². The largest absolute Gasteiger partial charge is 0.490 e. The molecule has 136 valence electrons. The molecule has 1 heterocycles. The lowest BCUT2D eigenvalue weighted by Gasteiger charge is -2.12. The number of hydrogen-bond acceptors (Lipinski definition) is 4. The van der Waals surface area contributed by atoms with E-state index >= 15 is 0 Å². The molecule has 0 saturated heterocycles. The van der Waals surface area contributed by atoms with Crippen LogP contribution in [0.25, 0.3) is 0 Å². The van der Waals surface area contributed by atoms with Crippen LogP contribution >= 0.6 is 24.0 Å². The summed E-state index contributed by atoms with van der Waals surface area (Å²) in [5.41, 5.74) is 1.09. The molecule has 1 aromatic rings. The highest BCUT2D eigenvalue weighted by Crippen LogP contribution is 2.30. The standard InChI is InChI=1S/C17H27N3O3.HI/c1-3-18-17(19-8-11-21-4-2)20-13-14-6-7-15-16(12-14)23-10-5-9-22-15;/h6-7,12H,3-5,8-11,13H2,1-2H3,(H2,18,19,20);1H. The third-order valence-corrected chi connectivity index (χ3v) is 3.32. The molecule has 0 amide bonds. The van der Waals surface area contributed by atoms with Crippen LogP contribution in [0.2, 0.25) is 0 Å². The summed E-state index contributed by atoms with van der Waals surface area (Å²) in [6.45, 7) is 8.98. The van der Waals surface area contributed by atoms with Crippen molar-refractivity contribution in [3.63, 3.8) is 0 Å². The van der Waals surface area contributed by atoms with Gasteiger partial charge in [0.1, 0.15) is 0 Å². The van der Waals surface area contributed by atoms with Gasteiger partial charge in [0.25, 0.3) is 0 Å². The van der Waals surface area contributed by atoms with Gasteiger partial charge in [0, 0.05) is 26.1 Å². The van der Waals surface area contributed by atoms with E-state index in [0.717, 1.165) is 49.1 Å². The zero-order valence-electron chi connectivity index (χ0n) is 14.5. The lowest BCUT2D eigenvalue weighted by atomic mass is 10.2. The molecule has 0 bridgehead atoms. The maximum Gasteiger partial charge on any atom is 0.191 e. The highest BCUT2D eigenvalue weighted by atomic mass is 127. The van der Waals surface area contributed by atoms with Crippen molar-refractivity contribution in [1.29, 1.82) is 0 Å². The van der Waals surface area contributed by atoms with E-state index in [9.17, 15) is 0 Å². The second-order valence-corrected chi connectivity index (χ2v) is 5.15. The molecule has 7 heteroatoms. The van der Waals surface area contributed by atoms with Crippen LogP contribution in [0.4, 0.5) is 0 Å². The van der Waals surface area contributed by atoms with E-state index < -0.39 is 0 Å². The Labute approximate surface area is 161 Å². The van der Waals surface area contributed by atoms with Gasteiger partial charge < -0.3 is 24.8 Å². The Morgan fingerprint density at radius 1 is 1.17 bits per heavy atom. The third kappa shape index (κ3) is 7.12. The van der Waals surface area contributed by atoms with Crippen molar-refractivity contribution in [3.05, 3.63) is 23.8 Å². The molecular weight excluding hydrogens is 421 g/mol. The average molecular weight is 449 g/mol. The molecule has 1 aliphatic heterocycles. The molecule has 0 aliphatic carbocycles. The van der Waals surface area contributed by atoms with Crippen LogP contribution in [0.15, 0.2) is 23.2 Å². The quantitative estimate of drug-likeness (QED) is 0.290. The summed E-state index contributed by atoms with van der Waals surface area (Å²) in [4.78, 5) is 4.60. The van der Waals surface area contributed by atoms with E-state index in [0.29, 0.717) is 26.4 Å². The molecule has 2 N–H and O–H groups in total. The first-order valence-corrected chi connectivity index (χ1v) is 8.32. The smallest absolute Gasteiger partial charge is 0.191 e. The summed E-state index contributed by atoms with van der Waals surface area (Å²) in [6.07, 6.45) is 0.913. The summed E-state index contributed by atoms with van der Waals surface area (Å²) in [6, 6.07) is 6.00. The molecule has 0 saturated carbocycles. The second-order valence-electron chi connectivity index (χ2n) is 5.15. The molecular formula is C17H28IN3O3. The molecule has 0 aromatic heterocycles. The molecule has 0 fully saturated rings. The number of guanidine groups is 1. The lowest BCUT2D eigenvalue weighted by Crippen LogP contribution is -2.39. The van der Waals surface area contributed by atoms with Crippen LogP contribution in [0, 0.1) is 0 Å². The van der Waals surface area contributed by atoms with Gasteiger partial charge in [-0.3, -0.25) is 0 Å². The summed E-state index contributed by atoms with van der Waals surface area (Å²) in [7, 11) is 0. The number of aliphatic imine (C=N–C) groups is 1. The number of benzene rings is 1. The van der Waals surface area contributed by atoms with Crippen molar-refractivity contribution in [2.45, 2.75) is 26.8 Å². The predicted octanol–water partition coefficient (Wildman–Crippen LogP) is 2.56. The number of rotatable bonds is 7. The SMILES string of the molecule is CCNC(=NCc1ccc2c(c1)OCCCO2)NCCOCC.I. The summed E-state index contributed by atoms with van der Waals surface area (Å²) in [5, 5.41) is 6.49. The van der Waals surface area contributed by atoms with E-state index in [-0.39, 0.29) is 24.0 Å². The van der Waals surface area contributed by atoms with Gasteiger partial charge in [-0.2, -0.15) is 0 Å². The monoisotopic (exact) mass is 449 g/mol. The fourth-order valence-corrected chi connectivity index (χ4v) is 2.20. The molecule has 0 atom stereocenters. The minimum absolute atomic E-state index is 0. The molecule has 24 heavy (non-hydrogen) atoms. The Kier molecular flexibility index (Phi) is 10.6. The molecule has 0 spiro atoms. The van der Waals surface area contributed by atoms with E-state index in [2.05, 4.69) is 15.6 Å². The maximum atomic E-state index is 5.71. The van der Waals surface area contributed by atoms with Crippen molar-refractivity contribution < 1.29 is 14.2 Å². The van der Waals surface area contributed by atoms with Crippen LogP contribution in [0.3, 0.4) is 0 Å². The highest BCUT2D eigenvalue weighted by molar-refractivity contribution is 14.0. The van der Waals surface area contributed by atoms with Gasteiger partial charge in [0.15, 0.2) is 17.5 Å². The first-order chi connectivity index (χ1) is 11.3. The van der Waals surface area contributed by atoms with Gasteiger partial charge in [-0.1, -0.05) is 6.07 Å². The van der Waals surface area contributed by atoms with Crippen molar-refractivity contribution in [2.24, 2.45) is 4.99 Å². The Morgan fingerprint density at radius 3 is 2.71 bits per heavy atom. The number of hydrogen-bond donors (Lipinski definition) is 2. The Morgan fingerprint density at radius 2 is 1.96 bits per heavy atom. The lowest BCUT2D eigenvalue weighted by molar-refractivity contribution is 0.152. The van der Waals surface area contributed by atoms with Gasteiger partial charge in [0.05, 0.1) is 26.4 Å². The number of nitrogens with zero attached hydrogens (tertiary/aromatic N) is 1. The van der Waals surface area contributed by atoms with Crippen molar-refractivity contribution in [1.82, 2.24) is 10.6 Å². The van der Waals surface area contributed by atoms with Gasteiger partial charge >= 0.3 is 0 Å². The second kappa shape index (κ2) is 12.2. The predicted molar refractivity (Wildman–Crippen MR) is 107 cm³/mol. The van der Waals surface area contributed by atoms with Crippen LogP contribution in [0.1, 0.15) is 25.8 Å². The average Bonchev–Trinajstić information content (AvgIpc) is 2.81. The van der Waals surface area contributed by atoms with E-state index in [1.807, 2.05) is 32.0 Å². The van der Waals surface area contributed by atoms with E-state index in [4.69, 9.17) is 14.2 Å². The van der Waals surface area contributed by atoms with Crippen molar-refractivity contribution in [3.8, 4) is 11.5 Å². The van der Waals surface area contributed by atoms with Gasteiger partial charge in [-0.15, -0.1) is 24.0 Å². The van der Waals surface area contributed by atoms with Crippen LogP contribution in [-0.4, -0.2) is 45.5 Å². The van der Waals surface area contributed by atoms with Gasteiger partial charge in [-0.05, 0) is 31.5 Å². The fraction of sp³-hybridized carbons (Fsp3) is 0.588. The summed E-state index contributed by atoms with van der Waals surface area (Å²) < 4.78 is 16.7. The Bertz CT molecular complexity index is 512. The first kappa shape index (κ1) is 20.8. The number of fused-ring (bicyclic) bond motifs is 1. The van der Waals surface area contributed by atoms with Crippen LogP contribution < -0.4 is 20.1 Å². The first-order valence-electron chi connectivity index (χ1n) is 8.32.